The Balaban J connectivity index is 1.52. The first-order valence-electron chi connectivity index (χ1n) is 12.4. The number of carbonyl (C=O) groups is 1. The molecule has 1 aromatic heterocycles. The molecule has 2 saturated heterocycles. The van der Waals surface area contributed by atoms with Gasteiger partial charge >= 0.3 is 0 Å². The Hall–Kier alpha value is -3.20. The zero-order valence-electron chi connectivity index (χ0n) is 21.1. The van der Waals surface area contributed by atoms with Crippen molar-refractivity contribution in [3.8, 4) is 0 Å². The minimum Gasteiger partial charge on any atom is -0.384 e. The van der Waals surface area contributed by atoms with Crippen molar-refractivity contribution in [1.29, 1.82) is 0 Å². The van der Waals surface area contributed by atoms with Crippen LogP contribution in [0.5, 0.6) is 0 Å². The molecular formula is C25H28FN5O6S2. The molecule has 2 bridgehead atoms. The van der Waals surface area contributed by atoms with Gasteiger partial charge in [0.05, 0.1) is 34.8 Å². The van der Waals surface area contributed by atoms with E-state index in [1.807, 2.05) is 0 Å². The summed E-state index contributed by atoms with van der Waals surface area (Å²) in [7, 11) is -6.83. The highest BCUT2D eigenvalue weighted by Gasteiger charge is 2.50. The van der Waals surface area contributed by atoms with E-state index in [1.165, 1.54) is 46.8 Å². The molecule has 11 nitrogen and oxygen atoms in total. The van der Waals surface area contributed by atoms with Gasteiger partial charge in [0.15, 0.2) is 0 Å². The molecule has 0 radical (unpaired) electrons. The number of carbonyl (C=O) groups excluding carboxylic acids is 1. The minimum absolute atomic E-state index is 0.0134. The maximum absolute atomic E-state index is 14.0. The van der Waals surface area contributed by atoms with Crippen LogP contribution in [0.1, 0.15) is 25.0 Å². The van der Waals surface area contributed by atoms with Crippen LogP contribution in [0.4, 0.5) is 4.39 Å². The Morgan fingerprint density at radius 1 is 1.00 bits per heavy atom. The number of ether oxygens (including phenoxy) is 1. The lowest BCUT2D eigenvalue weighted by Gasteiger charge is -2.40. The third-order valence-corrected chi connectivity index (χ3v) is 10.7. The highest BCUT2D eigenvalue weighted by Crippen LogP contribution is 2.37. The maximum atomic E-state index is 14.0. The molecular weight excluding hydrogens is 549 g/mol. The van der Waals surface area contributed by atoms with Gasteiger partial charge in [0.25, 0.3) is 10.0 Å². The fraction of sp³-hybridized carbons (Fsp3) is 0.400. The van der Waals surface area contributed by atoms with Gasteiger partial charge in [0, 0.05) is 25.6 Å². The van der Waals surface area contributed by atoms with Crippen LogP contribution in [0.15, 0.2) is 70.6 Å². The highest BCUT2D eigenvalue weighted by molar-refractivity contribution is 7.90. The lowest BCUT2D eigenvalue weighted by Crippen LogP contribution is -2.55. The molecule has 39 heavy (non-hydrogen) atoms. The number of sulfonamides is 1. The number of methoxy groups -OCH3 is 1. The van der Waals surface area contributed by atoms with Crippen molar-refractivity contribution >= 4 is 26.0 Å². The van der Waals surface area contributed by atoms with Crippen molar-refractivity contribution in [1.82, 2.24) is 23.6 Å². The summed E-state index contributed by atoms with van der Waals surface area (Å²) in [5, 5.41) is 7.56. The summed E-state index contributed by atoms with van der Waals surface area (Å²) in [6.07, 6.45) is 2.67. The van der Waals surface area contributed by atoms with Crippen LogP contribution in [-0.2, 0) is 36.1 Å². The Morgan fingerprint density at radius 2 is 1.74 bits per heavy atom. The zero-order valence-corrected chi connectivity index (χ0v) is 22.8. The normalized spacial score (nSPS) is 22.6. The summed E-state index contributed by atoms with van der Waals surface area (Å²) < 4.78 is 75.5. The standard InChI is InChI=1S/C25H28FN5O6S2/c1-37-17-18-15-29(16-20-14-27-28-31(20)39(35,36)21-8-3-2-4-9-21)25(32)24-12-6-11-23(18)30(24)38(33,34)22-10-5-7-19(26)13-22/h2-5,7-10,13-14,18,23-24H,6,11-12,15-17H2,1H3/t18-,23+,24?/m1/s1. The fourth-order valence-corrected chi connectivity index (χ4v) is 8.61. The number of piperidine rings is 1. The van der Waals surface area contributed by atoms with E-state index in [0.29, 0.717) is 12.8 Å². The second-order valence-electron chi connectivity index (χ2n) is 9.63. The second-order valence-corrected chi connectivity index (χ2v) is 13.2. The molecule has 0 aliphatic carbocycles. The van der Waals surface area contributed by atoms with Gasteiger partial charge < -0.3 is 9.64 Å². The van der Waals surface area contributed by atoms with E-state index in [4.69, 9.17) is 4.74 Å². The highest BCUT2D eigenvalue weighted by atomic mass is 32.2. The minimum atomic E-state index is -4.24. The number of amides is 1. The van der Waals surface area contributed by atoms with Gasteiger partial charge in [-0.25, -0.2) is 12.8 Å². The quantitative estimate of drug-likeness (QED) is 0.397. The topological polar surface area (TPSA) is 132 Å². The van der Waals surface area contributed by atoms with Gasteiger partial charge in [-0.05, 0) is 49.6 Å². The van der Waals surface area contributed by atoms with Gasteiger partial charge in [0.2, 0.25) is 15.9 Å². The Labute approximate surface area is 226 Å². The number of fused-ring (bicyclic) bond motifs is 2. The molecule has 208 valence electrons. The van der Waals surface area contributed by atoms with E-state index in [-0.39, 0.29) is 41.6 Å². The lowest BCUT2D eigenvalue weighted by molar-refractivity contribution is -0.135. The van der Waals surface area contributed by atoms with Crippen LogP contribution in [0.3, 0.4) is 0 Å². The van der Waals surface area contributed by atoms with Crippen molar-refractivity contribution in [2.24, 2.45) is 5.92 Å². The lowest BCUT2D eigenvalue weighted by atomic mass is 9.91. The largest absolute Gasteiger partial charge is 0.384 e. The van der Waals surface area contributed by atoms with Crippen LogP contribution >= 0.6 is 0 Å². The number of nitrogens with zero attached hydrogens (tertiary/aromatic N) is 5. The molecule has 2 aromatic carbocycles. The number of hydrogen-bond donors (Lipinski definition) is 0. The van der Waals surface area contributed by atoms with Crippen LogP contribution in [0.2, 0.25) is 0 Å². The molecule has 0 saturated carbocycles. The first-order chi connectivity index (χ1) is 18.6. The van der Waals surface area contributed by atoms with Crippen molar-refractivity contribution in [3.63, 3.8) is 0 Å². The summed E-state index contributed by atoms with van der Waals surface area (Å²) >= 11 is 0. The Morgan fingerprint density at radius 3 is 2.46 bits per heavy atom. The van der Waals surface area contributed by atoms with Crippen molar-refractivity contribution in [2.75, 3.05) is 20.3 Å². The van der Waals surface area contributed by atoms with Crippen molar-refractivity contribution < 1.29 is 30.8 Å². The van der Waals surface area contributed by atoms with Gasteiger partial charge in [-0.1, -0.05) is 29.5 Å². The molecule has 2 fully saturated rings. The van der Waals surface area contributed by atoms with Gasteiger partial charge in [-0.15, -0.1) is 9.19 Å². The Kier molecular flexibility index (Phi) is 7.55. The second kappa shape index (κ2) is 10.8. The van der Waals surface area contributed by atoms with Gasteiger partial charge in [-0.2, -0.15) is 12.7 Å². The molecule has 3 atom stereocenters. The van der Waals surface area contributed by atoms with E-state index in [2.05, 4.69) is 10.3 Å². The molecule has 3 heterocycles. The monoisotopic (exact) mass is 577 g/mol. The molecule has 0 N–H and O–H groups in total. The first-order valence-corrected chi connectivity index (χ1v) is 15.3. The SMILES string of the molecule is COC[C@H]1CN(Cc2cnnn2S(=O)(=O)c2ccccc2)C(=O)C2CCC[C@@H]1N2S(=O)(=O)c1cccc(F)c1. The molecule has 0 spiro atoms. The number of halogens is 1. The molecule has 1 amide bonds. The maximum Gasteiger partial charge on any atom is 0.284 e. The molecule has 1 unspecified atom stereocenters. The molecule has 2 aliphatic rings. The van der Waals surface area contributed by atoms with Gasteiger partial charge in [-0.3, -0.25) is 4.79 Å². The summed E-state index contributed by atoms with van der Waals surface area (Å²) in [5.74, 6) is -1.58. The third kappa shape index (κ3) is 5.09. The third-order valence-electron chi connectivity index (χ3n) is 7.17. The zero-order chi connectivity index (χ0) is 27.8. The molecule has 14 heteroatoms. The van der Waals surface area contributed by atoms with Crippen LogP contribution in [0, 0.1) is 11.7 Å². The van der Waals surface area contributed by atoms with Crippen molar-refractivity contribution in [3.05, 3.63) is 72.3 Å². The van der Waals surface area contributed by atoms with Gasteiger partial charge in [0.1, 0.15) is 11.9 Å². The van der Waals surface area contributed by atoms with Crippen molar-refractivity contribution in [2.45, 2.75) is 47.7 Å². The summed E-state index contributed by atoms with van der Waals surface area (Å²) in [4.78, 5) is 15.2. The van der Waals surface area contributed by atoms with E-state index in [9.17, 15) is 26.0 Å². The van der Waals surface area contributed by atoms with E-state index in [0.717, 1.165) is 16.2 Å². The molecule has 3 aromatic rings. The first kappa shape index (κ1) is 27.4. The Bertz CT molecular complexity index is 1560. The molecule has 2 aliphatic heterocycles. The van der Waals surface area contributed by atoms with Crippen LogP contribution in [0.25, 0.3) is 0 Å². The summed E-state index contributed by atoms with van der Waals surface area (Å²) in [6.45, 7) is 0.130. The van der Waals surface area contributed by atoms with Crippen LogP contribution in [-0.4, -0.2) is 78.7 Å². The number of hydrogen-bond acceptors (Lipinski definition) is 8. The molecule has 5 rings (SSSR count). The predicted octanol–water partition coefficient (Wildman–Crippen LogP) is 1.87. The number of benzene rings is 2. The van der Waals surface area contributed by atoms with E-state index < -0.39 is 49.8 Å². The predicted molar refractivity (Wildman–Crippen MR) is 137 cm³/mol. The average Bonchev–Trinajstić information content (AvgIpc) is 3.39. The smallest absolute Gasteiger partial charge is 0.284 e. The number of aromatic nitrogens is 3. The number of rotatable bonds is 8. The van der Waals surface area contributed by atoms with Crippen LogP contribution < -0.4 is 0 Å². The fourth-order valence-electron chi connectivity index (χ4n) is 5.44. The summed E-state index contributed by atoms with van der Waals surface area (Å²) in [5.41, 5.74) is 0.152. The van der Waals surface area contributed by atoms with E-state index in [1.54, 1.807) is 18.2 Å². The van der Waals surface area contributed by atoms with E-state index >= 15 is 0 Å². The summed E-state index contributed by atoms with van der Waals surface area (Å²) in [6, 6.07) is 10.9. The average molecular weight is 578 g/mol.